The highest BCUT2D eigenvalue weighted by Gasteiger charge is 2.16. The number of halogens is 1. The molecule has 8 heteroatoms. The number of hydrogen-bond acceptors (Lipinski definition) is 6. The van der Waals surface area contributed by atoms with E-state index < -0.39 is 5.97 Å². The maximum atomic E-state index is 13.8. The van der Waals surface area contributed by atoms with Gasteiger partial charge in [-0.05, 0) is 6.07 Å². The molecule has 1 aromatic carbocycles. The summed E-state index contributed by atoms with van der Waals surface area (Å²) in [6, 6.07) is 6.40. The van der Waals surface area contributed by atoms with Crippen molar-refractivity contribution in [2.45, 2.75) is 19.6 Å². The van der Waals surface area contributed by atoms with Crippen molar-refractivity contribution in [3.8, 4) is 0 Å². The van der Waals surface area contributed by atoms with Crippen LogP contribution in [0.4, 0.5) is 9.52 Å². The monoisotopic (exact) mass is 325 g/mol. The predicted octanol–water partition coefficient (Wildman–Crippen LogP) is 2.30. The average Bonchev–Trinajstić information content (AvgIpc) is 2.94. The van der Waals surface area contributed by atoms with E-state index in [4.69, 9.17) is 9.84 Å². The zero-order valence-corrected chi connectivity index (χ0v) is 12.8. The molecule has 1 heterocycles. The Morgan fingerprint density at radius 2 is 2.18 bits per heavy atom. The van der Waals surface area contributed by atoms with Gasteiger partial charge in [-0.1, -0.05) is 29.5 Å². The van der Waals surface area contributed by atoms with E-state index in [-0.39, 0.29) is 25.3 Å². The van der Waals surface area contributed by atoms with Crippen LogP contribution in [0.2, 0.25) is 0 Å². The molecular formula is C14H16FN3O3S. The van der Waals surface area contributed by atoms with Crippen LogP contribution in [0.3, 0.4) is 0 Å². The number of carboxylic acids is 1. The first-order valence-electron chi connectivity index (χ1n) is 6.61. The van der Waals surface area contributed by atoms with Gasteiger partial charge >= 0.3 is 5.97 Å². The SMILES string of the molecule is COCc1nnc(N(CCC(=O)O)Cc2ccccc2F)s1. The molecule has 6 nitrogen and oxygen atoms in total. The Labute approximate surface area is 131 Å². The number of aliphatic carboxylic acids is 1. The molecule has 0 spiro atoms. The van der Waals surface area contributed by atoms with Gasteiger partial charge in [0.15, 0.2) is 0 Å². The summed E-state index contributed by atoms with van der Waals surface area (Å²) in [7, 11) is 1.56. The minimum absolute atomic E-state index is 0.0619. The Morgan fingerprint density at radius 3 is 2.86 bits per heavy atom. The summed E-state index contributed by atoms with van der Waals surface area (Å²) >= 11 is 1.31. The lowest BCUT2D eigenvalue weighted by Gasteiger charge is -2.20. The molecule has 0 amide bonds. The number of ether oxygens (including phenoxy) is 1. The van der Waals surface area contributed by atoms with Crippen LogP contribution in [0.1, 0.15) is 17.0 Å². The summed E-state index contributed by atoms with van der Waals surface area (Å²) in [5, 5.41) is 18.1. The third-order valence-electron chi connectivity index (χ3n) is 2.91. The first-order valence-corrected chi connectivity index (χ1v) is 7.43. The third-order valence-corrected chi connectivity index (χ3v) is 3.87. The second kappa shape index (κ2) is 7.81. The average molecular weight is 325 g/mol. The molecular weight excluding hydrogens is 309 g/mol. The molecule has 0 aliphatic carbocycles. The van der Waals surface area contributed by atoms with Gasteiger partial charge in [0.1, 0.15) is 17.4 Å². The smallest absolute Gasteiger partial charge is 0.305 e. The lowest BCUT2D eigenvalue weighted by molar-refractivity contribution is -0.136. The fraction of sp³-hybridized carbons (Fsp3) is 0.357. The van der Waals surface area contributed by atoms with Crippen molar-refractivity contribution in [1.29, 1.82) is 0 Å². The van der Waals surface area contributed by atoms with Crippen LogP contribution in [0.5, 0.6) is 0 Å². The summed E-state index contributed by atoms with van der Waals surface area (Å²) in [4.78, 5) is 12.5. The number of anilines is 1. The molecule has 0 radical (unpaired) electrons. The first kappa shape index (κ1) is 16.3. The maximum Gasteiger partial charge on any atom is 0.305 e. The quantitative estimate of drug-likeness (QED) is 0.803. The van der Waals surface area contributed by atoms with Crippen molar-refractivity contribution in [1.82, 2.24) is 10.2 Å². The summed E-state index contributed by atoms with van der Waals surface area (Å²) in [5.41, 5.74) is 0.483. The first-order chi connectivity index (χ1) is 10.6. The maximum absolute atomic E-state index is 13.8. The second-order valence-corrected chi connectivity index (χ2v) is 5.61. The van der Waals surface area contributed by atoms with Crippen molar-refractivity contribution < 1.29 is 19.0 Å². The van der Waals surface area contributed by atoms with Gasteiger partial charge < -0.3 is 14.7 Å². The van der Waals surface area contributed by atoms with E-state index in [1.165, 1.54) is 17.4 Å². The molecule has 1 aromatic heterocycles. The Morgan fingerprint density at radius 1 is 1.41 bits per heavy atom. The fourth-order valence-electron chi connectivity index (χ4n) is 1.86. The summed E-state index contributed by atoms with van der Waals surface area (Å²) in [6.07, 6.45) is -0.0619. The molecule has 2 aromatic rings. The number of aromatic nitrogens is 2. The number of benzene rings is 1. The molecule has 0 aliphatic heterocycles. The Balaban J connectivity index is 2.17. The van der Waals surface area contributed by atoms with E-state index in [0.717, 1.165) is 0 Å². The topological polar surface area (TPSA) is 75.6 Å². The molecule has 0 atom stereocenters. The van der Waals surface area contributed by atoms with Crippen molar-refractivity contribution in [3.05, 3.63) is 40.7 Å². The van der Waals surface area contributed by atoms with Gasteiger partial charge in [-0.2, -0.15) is 0 Å². The molecule has 2 rings (SSSR count). The normalized spacial score (nSPS) is 10.6. The molecule has 0 fully saturated rings. The highest BCUT2D eigenvalue weighted by Crippen LogP contribution is 2.23. The molecule has 0 saturated carbocycles. The van der Waals surface area contributed by atoms with E-state index in [0.29, 0.717) is 22.3 Å². The molecule has 1 N–H and O–H groups in total. The second-order valence-electron chi connectivity index (χ2n) is 4.57. The van der Waals surface area contributed by atoms with Gasteiger partial charge in [0.05, 0.1) is 6.42 Å². The number of nitrogens with zero attached hydrogens (tertiary/aromatic N) is 3. The Bertz CT molecular complexity index is 635. The number of rotatable bonds is 8. The van der Waals surface area contributed by atoms with Crippen LogP contribution < -0.4 is 4.90 Å². The van der Waals surface area contributed by atoms with Crippen LogP contribution in [-0.2, 0) is 22.7 Å². The van der Waals surface area contributed by atoms with Crippen molar-refractivity contribution in [2.24, 2.45) is 0 Å². The van der Waals surface area contributed by atoms with E-state index in [1.54, 1.807) is 30.2 Å². The molecule has 0 bridgehead atoms. The molecule has 0 unspecified atom stereocenters. The lowest BCUT2D eigenvalue weighted by Crippen LogP contribution is -2.26. The minimum atomic E-state index is -0.917. The van der Waals surface area contributed by atoms with Crippen molar-refractivity contribution >= 4 is 22.4 Å². The van der Waals surface area contributed by atoms with Crippen LogP contribution >= 0.6 is 11.3 Å². The van der Waals surface area contributed by atoms with Crippen LogP contribution in [0.15, 0.2) is 24.3 Å². The summed E-state index contributed by atoms with van der Waals surface area (Å²) < 4.78 is 18.8. The summed E-state index contributed by atoms with van der Waals surface area (Å²) in [6.45, 7) is 0.803. The molecule has 0 saturated heterocycles. The van der Waals surface area contributed by atoms with Gasteiger partial charge in [0.25, 0.3) is 0 Å². The lowest BCUT2D eigenvalue weighted by atomic mass is 10.2. The Hall–Kier alpha value is -2.06. The molecule has 0 aliphatic rings. The van der Waals surface area contributed by atoms with Crippen LogP contribution in [0.25, 0.3) is 0 Å². The summed E-state index contributed by atoms with van der Waals surface area (Å²) in [5.74, 6) is -1.25. The van der Waals surface area contributed by atoms with Crippen LogP contribution in [-0.4, -0.2) is 34.9 Å². The number of hydrogen-bond donors (Lipinski definition) is 1. The predicted molar refractivity (Wildman–Crippen MR) is 80.3 cm³/mol. The van der Waals surface area contributed by atoms with Gasteiger partial charge in [-0.3, -0.25) is 4.79 Å². The van der Waals surface area contributed by atoms with E-state index in [2.05, 4.69) is 10.2 Å². The third kappa shape index (κ3) is 4.47. The molecule has 118 valence electrons. The standard InChI is InChI=1S/C14H16FN3O3S/c1-21-9-12-16-17-14(22-12)18(7-6-13(19)20)8-10-4-2-3-5-11(10)15/h2-5H,6-9H2,1H3,(H,19,20). The van der Waals surface area contributed by atoms with Crippen molar-refractivity contribution in [3.63, 3.8) is 0 Å². The highest BCUT2D eigenvalue weighted by atomic mass is 32.1. The van der Waals surface area contributed by atoms with Crippen LogP contribution in [0, 0.1) is 5.82 Å². The zero-order valence-electron chi connectivity index (χ0n) is 12.0. The fourth-order valence-corrected chi connectivity index (χ4v) is 2.70. The zero-order chi connectivity index (χ0) is 15.9. The number of carboxylic acid groups (broad SMARTS) is 1. The van der Waals surface area contributed by atoms with Gasteiger partial charge in [0.2, 0.25) is 5.13 Å². The van der Waals surface area contributed by atoms with Gasteiger partial charge in [-0.25, -0.2) is 4.39 Å². The highest BCUT2D eigenvalue weighted by molar-refractivity contribution is 7.15. The van der Waals surface area contributed by atoms with E-state index in [1.807, 2.05) is 0 Å². The largest absolute Gasteiger partial charge is 0.481 e. The van der Waals surface area contributed by atoms with Gasteiger partial charge in [-0.15, -0.1) is 10.2 Å². The minimum Gasteiger partial charge on any atom is -0.481 e. The van der Waals surface area contributed by atoms with Gasteiger partial charge in [0, 0.05) is 25.8 Å². The Kier molecular flexibility index (Phi) is 5.79. The van der Waals surface area contributed by atoms with E-state index in [9.17, 15) is 9.18 Å². The number of methoxy groups -OCH3 is 1. The number of carbonyl (C=O) groups is 1. The van der Waals surface area contributed by atoms with Crippen molar-refractivity contribution in [2.75, 3.05) is 18.6 Å². The van der Waals surface area contributed by atoms with E-state index >= 15 is 0 Å². The molecule has 22 heavy (non-hydrogen) atoms.